The second-order valence-electron chi connectivity index (χ2n) is 7.64. The van der Waals surface area contributed by atoms with Crippen molar-refractivity contribution in [3.8, 4) is 6.01 Å². The molecule has 0 aliphatic carbocycles. The van der Waals surface area contributed by atoms with E-state index in [9.17, 15) is 9.59 Å². The third kappa shape index (κ3) is 4.46. The molecule has 0 aromatic carbocycles. The molecule has 2 amide bonds. The fraction of sp³-hybridized carbons (Fsp3) is 0.684. The Morgan fingerprint density at radius 2 is 1.93 bits per heavy atom. The Kier molecular flexibility index (Phi) is 6.10. The van der Waals surface area contributed by atoms with Crippen LogP contribution in [0.15, 0.2) is 16.9 Å². The van der Waals surface area contributed by atoms with E-state index in [4.69, 9.17) is 9.47 Å². The van der Waals surface area contributed by atoms with Gasteiger partial charge < -0.3 is 19.3 Å². The number of piperidine rings is 1. The van der Waals surface area contributed by atoms with Gasteiger partial charge in [0.2, 0.25) is 11.8 Å². The van der Waals surface area contributed by atoms with Gasteiger partial charge in [-0.15, -0.1) is 0 Å². The van der Waals surface area contributed by atoms with Crippen molar-refractivity contribution in [3.05, 3.63) is 16.9 Å². The Bertz CT molecular complexity index is 710. The molecule has 2 unspecified atom stereocenters. The number of nitrogens with zero attached hydrogens (tertiary/aromatic N) is 4. The van der Waals surface area contributed by atoms with Crippen molar-refractivity contribution >= 4 is 27.7 Å². The van der Waals surface area contributed by atoms with Crippen molar-refractivity contribution in [3.63, 3.8) is 0 Å². The molecule has 9 heteroatoms. The van der Waals surface area contributed by atoms with Crippen LogP contribution in [0, 0.1) is 5.92 Å². The van der Waals surface area contributed by atoms with Crippen LogP contribution < -0.4 is 4.74 Å². The van der Waals surface area contributed by atoms with Gasteiger partial charge in [0, 0.05) is 51.2 Å². The molecule has 0 bridgehead atoms. The smallest absolute Gasteiger partial charge is 0.316 e. The number of amides is 2. The van der Waals surface area contributed by atoms with Gasteiger partial charge in [0.1, 0.15) is 6.10 Å². The summed E-state index contributed by atoms with van der Waals surface area (Å²) >= 11 is 3.30. The first kappa shape index (κ1) is 19.6. The molecule has 2 atom stereocenters. The number of hydrogen-bond donors (Lipinski definition) is 0. The molecule has 152 valence electrons. The van der Waals surface area contributed by atoms with Crippen molar-refractivity contribution in [1.29, 1.82) is 0 Å². The third-order valence-corrected chi connectivity index (χ3v) is 6.11. The maximum atomic E-state index is 13.0. The molecule has 3 aliphatic heterocycles. The zero-order chi connectivity index (χ0) is 19.5. The molecule has 3 aliphatic rings. The highest BCUT2D eigenvalue weighted by molar-refractivity contribution is 9.10. The standard InChI is InChI=1S/C19H25BrN4O4/c20-14-9-21-19(22-10-14)28-16-2-1-5-23(12-16)18(26)13-8-17(25)24(11-13)15-3-6-27-7-4-15/h9-10,13,15-16H,1-8,11-12H2. The van der Waals surface area contributed by atoms with E-state index in [2.05, 4.69) is 25.9 Å². The van der Waals surface area contributed by atoms with Crippen molar-refractivity contribution in [1.82, 2.24) is 19.8 Å². The zero-order valence-electron chi connectivity index (χ0n) is 15.8. The molecule has 4 heterocycles. The van der Waals surface area contributed by atoms with Crippen molar-refractivity contribution < 1.29 is 19.1 Å². The van der Waals surface area contributed by atoms with Gasteiger partial charge in [0.25, 0.3) is 0 Å². The maximum Gasteiger partial charge on any atom is 0.316 e. The molecule has 3 fully saturated rings. The number of carbonyl (C=O) groups excluding carboxylic acids is 2. The van der Waals surface area contributed by atoms with Gasteiger partial charge in [-0.25, -0.2) is 9.97 Å². The van der Waals surface area contributed by atoms with Crippen LogP contribution >= 0.6 is 15.9 Å². The van der Waals surface area contributed by atoms with E-state index in [-0.39, 0.29) is 29.9 Å². The van der Waals surface area contributed by atoms with E-state index in [0.29, 0.717) is 45.3 Å². The molecule has 1 aromatic rings. The van der Waals surface area contributed by atoms with E-state index in [0.717, 1.165) is 30.2 Å². The lowest BCUT2D eigenvalue weighted by Gasteiger charge is -2.34. The van der Waals surface area contributed by atoms with Gasteiger partial charge in [0.05, 0.1) is 16.9 Å². The van der Waals surface area contributed by atoms with Gasteiger partial charge in [0.15, 0.2) is 0 Å². The molecule has 3 saturated heterocycles. The third-order valence-electron chi connectivity index (χ3n) is 5.70. The molecular formula is C19H25BrN4O4. The Hall–Kier alpha value is -1.74. The Labute approximate surface area is 172 Å². The first-order chi connectivity index (χ1) is 13.6. The van der Waals surface area contributed by atoms with E-state index in [1.165, 1.54) is 0 Å². The van der Waals surface area contributed by atoms with Crippen LogP contribution in [0.25, 0.3) is 0 Å². The number of likely N-dealkylation sites (tertiary alicyclic amines) is 2. The zero-order valence-corrected chi connectivity index (χ0v) is 17.3. The lowest BCUT2D eigenvalue weighted by molar-refractivity contribution is -0.138. The largest absolute Gasteiger partial charge is 0.458 e. The Morgan fingerprint density at radius 3 is 2.68 bits per heavy atom. The predicted octanol–water partition coefficient (Wildman–Crippen LogP) is 1.64. The molecule has 0 radical (unpaired) electrons. The number of ether oxygens (including phenoxy) is 2. The van der Waals surface area contributed by atoms with Crippen LogP contribution in [0.2, 0.25) is 0 Å². The van der Waals surface area contributed by atoms with Gasteiger partial charge in [-0.05, 0) is 41.6 Å². The van der Waals surface area contributed by atoms with E-state index in [1.807, 2.05) is 9.80 Å². The van der Waals surface area contributed by atoms with Crippen LogP contribution in [-0.4, -0.2) is 76.6 Å². The summed E-state index contributed by atoms with van der Waals surface area (Å²) in [5, 5.41) is 0. The van der Waals surface area contributed by atoms with Crippen LogP contribution in [-0.2, 0) is 14.3 Å². The second-order valence-corrected chi connectivity index (χ2v) is 8.56. The highest BCUT2D eigenvalue weighted by atomic mass is 79.9. The summed E-state index contributed by atoms with van der Waals surface area (Å²) in [4.78, 5) is 37.6. The molecule has 0 N–H and O–H groups in total. The van der Waals surface area contributed by atoms with Crippen molar-refractivity contribution in [2.45, 2.75) is 44.2 Å². The summed E-state index contributed by atoms with van der Waals surface area (Å²) in [5.74, 6) is -0.0933. The van der Waals surface area contributed by atoms with Gasteiger partial charge in [-0.1, -0.05) is 0 Å². The Morgan fingerprint density at radius 1 is 1.18 bits per heavy atom. The second kappa shape index (κ2) is 8.73. The van der Waals surface area contributed by atoms with Crippen LogP contribution in [0.3, 0.4) is 0 Å². The number of halogens is 1. The monoisotopic (exact) mass is 452 g/mol. The Balaban J connectivity index is 1.33. The molecule has 28 heavy (non-hydrogen) atoms. The molecule has 0 saturated carbocycles. The minimum atomic E-state index is -0.252. The van der Waals surface area contributed by atoms with E-state index >= 15 is 0 Å². The predicted molar refractivity (Wildman–Crippen MR) is 104 cm³/mol. The maximum absolute atomic E-state index is 13.0. The SMILES string of the molecule is O=C(C1CC(=O)N(C2CCOCC2)C1)N1CCCC(Oc2ncc(Br)cn2)C1. The number of aromatic nitrogens is 2. The summed E-state index contributed by atoms with van der Waals surface area (Å²) in [5.41, 5.74) is 0. The van der Waals surface area contributed by atoms with Gasteiger partial charge >= 0.3 is 6.01 Å². The molecular weight excluding hydrogens is 428 g/mol. The first-order valence-electron chi connectivity index (χ1n) is 9.90. The summed E-state index contributed by atoms with van der Waals surface area (Å²) in [6, 6.07) is 0.537. The number of carbonyl (C=O) groups is 2. The van der Waals surface area contributed by atoms with Crippen LogP contribution in [0.5, 0.6) is 6.01 Å². The van der Waals surface area contributed by atoms with Crippen LogP contribution in [0.1, 0.15) is 32.1 Å². The normalized spacial score (nSPS) is 26.5. The first-order valence-corrected chi connectivity index (χ1v) is 10.7. The molecule has 8 nitrogen and oxygen atoms in total. The quantitative estimate of drug-likeness (QED) is 0.689. The van der Waals surface area contributed by atoms with Gasteiger partial charge in [-0.2, -0.15) is 0 Å². The molecule has 1 aromatic heterocycles. The highest BCUT2D eigenvalue weighted by Gasteiger charge is 2.40. The summed E-state index contributed by atoms with van der Waals surface area (Å²) in [6.45, 7) is 3.13. The van der Waals surface area contributed by atoms with Crippen molar-refractivity contribution in [2.24, 2.45) is 5.92 Å². The topological polar surface area (TPSA) is 84.9 Å². The summed E-state index contributed by atoms with van der Waals surface area (Å²) < 4.78 is 12.0. The summed E-state index contributed by atoms with van der Waals surface area (Å²) in [7, 11) is 0. The average molecular weight is 453 g/mol. The highest BCUT2D eigenvalue weighted by Crippen LogP contribution is 2.27. The van der Waals surface area contributed by atoms with Gasteiger partial charge in [-0.3, -0.25) is 9.59 Å². The van der Waals surface area contributed by atoms with Crippen LogP contribution in [0.4, 0.5) is 0 Å². The van der Waals surface area contributed by atoms with Crippen molar-refractivity contribution in [2.75, 3.05) is 32.8 Å². The minimum absolute atomic E-state index is 0.0629. The fourth-order valence-electron chi connectivity index (χ4n) is 4.25. The van der Waals surface area contributed by atoms with E-state index in [1.54, 1.807) is 12.4 Å². The number of rotatable bonds is 4. The lowest BCUT2D eigenvalue weighted by Crippen LogP contribution is -2.47. The number of hydrogen-bond acceptors (Lipinski definition) is 6. The lowest BCUT2D eigenvalue weighted by atomic mass is 10.0. The van der Waals surface area contributed by atoms with E-state index < -0.39 is 0 Å². The minimum Gasteiger partial charge on any atom is -0.458 e. The average Bonchev–Trinajstić information content (AvgIpc) is 3.12. The summed E-state index contributed by atoms with van der Waals surface area (Å²) in [6.07, 6.45) is 6.93. The molecule has 0 spiro atoms. The fourth-order valence-corrected chi connectivity index (χ4v) is 4.45. The molecule has 4 rings (SSSR count).